The Kier molecular flexibility index (Phi) is 11.2. The molecule has 0 aliphatic heterocycles. The fraction of sp³-hybridized carbons (Fsp3) is 0.412. The molecule has 0 saturated carbocycles. The smallest absolute Gasteiger partial charge is 0.332 e. The minimum atomic E-state index is -0.849. The Morgan fingerprint density at radius 1 is 0.935 bits per heavy atom. The summed E-state index contributed by atoms with van der Waals surface area (Å²) in [7, 11) is 4.91. The van der Waals surface area contributed by atoms with Crippen molar-refractivity contribution in [3.05, 3.63) is 91.6 Å². The zero-order valence-corrected chi connectivity index (χ0v) is 27.8. The minimum absolute atomic E-state index is 0.000146. The van der Waals surface area contributed by atoms with E-state index in [2.05, 4.69) is 0 Å². The van der Waals surface area contributed by atoms with Crippen LogP contribution in [0.5, 0.6) is 0 Å². The van der Waals surface area contributed by atoms with Crippen LogP contribution in [0.3, 0.4) is 0 Å². The molecule has 0 radical (unpaired) electrons. The topological polar surface area (TPSA) is 99.8 Å². The number of ether oxygens (including phenoxy) is 2. The zero-order chi connectivity index (χ0) is 33.8. The number of hydrogen-bond donors (Lipinski definition) is 0. The summed E-state index contributed by atoms with van der Waals surface area (Å²) < 4.78 is 42.0. The Balaban J connectivity index is 2.01. The highest BCUT2D eigenvalue weighted by atomic mass is 32.1. The van der Waals surface area contributed by atoms with Gasteiger partial charge in [-0.05, 0) is 35.9 Å². The van der Waals surface area contributed by atoms with Gasteiger partial charge in [-0.3, -0.25) is 28.4 Å². The van der Waals surface area contributed by atoms with Crippen LogP contribution in [0.2, 0.25) is 0 Å². The summed E-state index contributed by atoms with van der Waals surface area (Å²) in [5, 5.41) is 0.196. The molecule has 0 bridgehead atoms. The lowest BCUT2D eigenvalue weighted by atomic mass is 9.91. The van der Waals surface area contributed by atoms with Crippen LogP contribution >= 0.6 is 11.3 Å². The van der Waals surface area contributed by atoms with Crippen molar-refractivity contribution in [3.8, 4) is 10.4 Å². The van der Waals surface area contributed by atoms with Gasteiger partial charge in [-0.1, -0.05) is 51.1 Å². The van der Waals surface area contributed by atoms with Gasteiger partial charge in [0.1, 0.15) is 23.1 Å². The van der Waals surface area contributed by atoms with E-state index in [-0.39, 0.29) is 46.9 Å². The Labute approximate surface area is 270 Å². The molecule has 9 nitrogen and oxygen atoms in total. The predicted octanol–water partition coefficient (Wildman–Crippen LogP) is 4.67. The second-order valence-electron chi connectivity index (χ2n) is 12.3. The first-order valence-electron chi connectivity index (χ1n) is 14.8. The maximum absolute atomic E-state index is 14.9. The van der Waals surface area contributed by atoms with Gasteiger partial charge in [0.15, 0.2) is 11.6 Å². The van der Waals surface area contributed by atoms with E-state index < -0.39 is 41.4 Å². The summed E-state index contributed by atoms with van der Waals surface area (Å²) in [5.74, 6) is -2.09. The summed E-state index contributed by atoms with van der Waals surface area (Å²) in [5.41, 5.74) is -0.561. The molecule has 0 saturated heterocycles. The van der Waals surface area contributed by atoms with Gasteiger partial charge in [0.2, 0.25) is 0 Å². The fourth-order valence-electron chi connectivity index (χ4n) is 5.01. The molecule has 0 aliphatic rings. The van der Waals surface area contributed by atoms with Crippen LogP contribution in [0.25, 0.3) is 20.7 Å². The van der Waals surface area contributed by atoms with Crippen LogP contribution < -0.4 is 11.2 Å². The Morgan fingerprint density at radius 2 is 1.59 bits per heavy atom. The second kappa shape index (κ2) is 14.7. The largest absolute Gasteiger partial charge is 0.383 e. The molecule has 0 atom stereocenters. The van der Waals surface area contributed by atoms with Gasteiger partial charge in [0.05, 0.1) is 25.1 Å². The number of ketones is 2. The number of likely N-dealkylation sites (N-methyl/N-ethyl adjacent to an activating group) is 1. The van der Waals surface area contributed by atoms with E-state index in [9.17, 15) is 28.0 Å². The highest BCUT2D eigenvalue weighted by Gasteiger charge is 2.28. The molecule has 2 aromatic heterocycles. The second-order valence-corrected chi connectivity index (χ2v) is 13.3. The van der Waals surface area contributed by atoms with E-state index in [1.807, 2.05) is 36.2 Å². The molecule has 4 rings (SSSR count). The number of carbonyl (C=O) groups is 2. The zero-order valence-electron chi connectivity index (χ0n) is 26.9. The van der Waals surface area contributed by atoms with Crippen molar-refractivity contribution < 1.29 is 27.8 Å². The molecule has 2 heterocycles. The number of rotatable bonds is 14. The van der Waals surface area contributed by atoms with Gasteiger partial charge in [-0.15, -0.1) is 11.3 Å². The lowest BCUT2D eigenvalue weighted by Crippen LogP contribution is -2.43. The van der Waals surface area contributed by atoms with E-state index in [0.29, 0.717) is 23.6 Å². The van der Waals surface area contributed by atoms with Crippen LogP contribution in [0.1, 0.15) is 37.5 Å². The van der Waals surface area contributed by atoms with Crippen molar-refractivity contribution in [3.63, 3.8) is 0 Å². The molecule has 0 unspecified atom stereocenters. The van der Waals surface area contributed by atoms with Gasteiger partial charge < -0.3 is 9.47 Å². The normalized spacial score (nSPS) is 11.9. The van der Waals surface area contributed by atoms with Crippen LogP contribution in [0, 0.1) is 17.0 Å². The molecule has 0 spiro atoms. The molecule has 246 valence electrons. The number of thiophene rings is 1. The highest BCUT2D eigenvalue weighted by Crippen LogP contribution is 2.38. The number of nitrogens with zero attached hydrogens (tertiary/aromatic N) is 3. The maximum Gasteiger partial charge on any atom is 0.332 e. The lowest BCUT2D eigenvalue weighted by molar-refractivity contribution is -0.127. The first kappa shape index (κ1) is 35.0. The number of aromatic nitrogens is 2. The third-order valence-electron chi connectivity index (χ3n) is 7.70. The molecular formula is C34H39F2N3O6S. The third-order valence-corrected chi connectivity index (χ3v) is 9.00. The SMILES string of the molecule is COCCN(C)Cc1c(-c2ccc(CC(=O)COC)cc2)sc2c1c(=O)n(CC(=O)C(C)(C)C)c(=O)n2Cc1c(F)cccc1F. The summed E-state index contributed by atoms with van der Waals surface area (Å²) in [6, 6.07) is 10.7. The molecular weight excluding hydrogens is 616 g/mol. The van der Waals surface area contributed by atoms with Crippen LogP contribution in [0.4, 0.5) is 8.78 Å². The quantitative estimate of drug-likeness (QED) is 0.195. The lowest BCUT2D eigenvalue weighted by Gasteiger charge is -2.19. The van der Waals surface area contributed by atoms with E-state index in [1.165, 1.54) is 17.7 Å². The Bertz CT molecular complexity index is 1830. The maximum atomic E-state index is 14.9. The van der Waals surface area contributed by atoms with Crippen molar-refractivity contribution >= 4 is 33.1 Å². The molecule has 0 fully saturated rings. The number of benzene rings is 2. The van der Waals surface area contributed by atoms with Crippen molar-refractivity contribution in [2.24, 2.45) is 5.41 Å². The fourth-order valence-corrected chi connectivity index (χ4v) is 6.31. The van der Waals surface area contributed by atoms with Crippen LogP contribution in [-0.4, -0.2) is 66.6 Å². The molecule has 46 heavy (non-hydrogen) atoms. The third kappa shape index (κ3) is 7.75. The number of carbonyl (C=O) groups excluding carboxylic acids is 2. The summed E-state index contributed by atoms with van der Waals surface area (Å²) in [4.78, 5) is 56.3. The van der Waals surface area contributed by atoms with Gasteiger partial charge in [-0.25, -0.2) is 13.6 Å². The highest BCUT2D eigenvalue weighted by molar-refractivity contribution is 7.22. The van der Waals surface area contributed by atoms with E-state index >= 15 is 0 Å². The minimum Gasteiger partial charge on any atom is -0.383 e. The van der Waals surface area contributed by atoms with E-state index in [1.54, 1.807) is 27.9 Å². The summed E-state index contributed by atoms with van der Waals surface area (Å²) in [6.07, 6.45) is 0.188. The van der Waals surface area contributed by atoms with Crippen molar-refractivity contribution in [1.29, 1.82) is 0 Å². The number of hydrogen-bond acceptors (Lipinski definition) is 8. The molecule has 4 aromatic rings. The number of Topliss-reactive ketones (excluding diaryl/α,β-unsaturated/α-hetero) is 2. The van der Waals surface area contributed by atoms with Gasteiger partial charge in [0.25, 0.3) is 5.56 Å². The number of halogens is 2. The van der Waals surface area contributed by atoms with Crippen LogP contribution in [-0.2, 0) is 45.1 Å². The molecule has 0 aliphatic carbocycles. The van der Waals surface area contributed by atoms with Crippen molar-refractivity contribution in [2.45, 2.75) is 46.8 Å². The van der Waals surface area contributed by atoms with E-state index in [4.69, 9.17) is 9.47 Å². The molecule has 0 N–H and O–H groups in total. The van der Waals surface area contributed by atoms with Gasteiger partial charge in [0, 0.05) is 49.6 Å². The van der Waals surface area contributed by atoms with Crippen LogP contribution in [0.15, 0.2) is 52.1 Å². The van der Waals surface area contributed by atoms with Gasteiger partial charge in [-0.2, -0.15) is 0 Å². The molecule has 0 amide bonds. The molecule has 12 heteroatoms. The average Bonchev–Trinajstić information content (AvgIpc) is 3.36. The summed E-state index contributed by atoms with van der Waals surface area (Å²) >= 11 is 1.16. The van der Waals surface area contributed by atoms with Crippen molar-refractivity contribution in [1.82, 2.24) is 14.0 Å². The molecule has 2 aromatic carbocycles. The Morgan fingerprint density at radius 3 is 2.17 bits per heavy atom. The van der Waals surface area contributed by atoms with Crippen molar-refractivity contribution in [2.75, 3.05) is 41.0 Å². The Hall–Kier alpha value is -3.84. The standard InChI is InChI=1S/C34H39F2N3O6S/c1-34(2,3)28(41)19-38-31(42)29-25(17-37(4)14-15-44-5)30(22-12-10-21(11-13-22)16-23(40)20-45-6)46-32(29)39(33(38)43)18-24-26(35)8-7-9-27(24)36/h7-13H,14-20H2,1-6H3. The number of methoxy groups -OCH3 is 2. The summed E-state index contributed by atoms with van der Waals surface area (Å²) in [6.45, 7) is 5.33. The number of fused-ring (bicyclic) bond motifs is 1. The predicted molar refractivity (Wildman–Crippen MR) is 174 cm³/mol. The van der Waals surface area contributed by atoms with E-state index in [0.717, 1.165) is 39.2 Å². The van der Waals surface area contributed by atoms with Gasteiger partial charge >= 0.3 is 5.69 Å². The monoisotopic (exact) mass is 655 g/mol. The average molecular weight is 656 g/mol. The first-order chi connectivity index (χ1) is 21.8. The first-order valence-corrected chi connectivity index (χ1v) is 15.6.